The van der Waals surface area contributed by atoms with Crippen LogP contribution in [0.5, 0.6) is 0 Å². The molecule has 4 aromatic heterocycles. The Labute approximate surface area is 318 Å². The molecule has 6 heteroatoms. The number of furan rings is 1. The van der Waals surface area contributed by atoms with Crippen LogP contribution in [0.3, 0.4) is 0 Å². The lowest BCUT2D eigenvalue weighted by molar-refractivity contribution is 0.673. The molecule has 55 heavy (non-hydrogen) atoms. The van der Waals surface area contributed by atoms with E-state index in [1.54, 1.807) is 0 Å². The summed E-state index contributed by atoms with van der Waals surface area (Å²) in [6, 6.07) is 65.7. The fraction of sp³-hybridized carbons (Fsp3) is 0.0204. The molecule has 0 N–H and O–H groups in total. The minimum absolute atomic E-state index is 0.866. The van der Waals surface area contributed by atoms with Gasteiger partial charge in [0.25, 0.3) is 0 Å². The zero-order valence-corrected chi connectivity index (χ0v) is 31.1. The molecule has 0 atom stereocenters. The Bertz CT molecular complexity index is 3180. The number of pyridine rings is 1. The van der Waals surface area contributed by atoms with Crippen molar-refractivity contribution in [2.45, 2.75) is 0 Å². The smallest absolute Gasteiger partial charge is 0.179 e. The van der Waals surface area contributed by atoms with Crippen LogP contribution in [0.25, 0.3) is 72.0 Å². The third-order valence-corrected chi connectivity index (χ3v) is 16.1. The number of imidazole rings is 1. The van der Waals surface area contributed by atoms with Gasteiger partial charge in [0.15, 0.2) is 8.07 Å². The maximum Gasteiger partial charge on any atom is 0.179 e. The van der Waals surface area contributed by atoms with E-state index < -0.39 is 8.07 Å². The molecule has 0 aliphatic carbocycles. The standard InChI is InChI=1S/C49H34N4OSi/c1-52-42-23-10-9-22-41(42)51-49(52)33-15-14-20-36(31-33)55(34-16-4-2-5-17-34,35-18-6-3-7-19-35)37-26-27-40-44(32-37)53(46-25-12-13-30-50-46)43-29-28-39-38-21-8-11-24-45(38)54-48(39)47(40)43/h2-32H,1H3. The summed E-state index contributed by atoms with van der Waals surface area (Å²) in [5, 5.41) is 9.64. The first kappa shape index (κ1) is 31.5. The number of aromatic nitrogens is 4. The SMILES string of the molecule is Cn1c(-c2cccc([Si](c3ccccc3)(c3ccccc3)c3ccc4c5c6oc7ccccc7c6ccc5n(-c5ccccn5)c4c3)c2)nc2ccccc21. The molecule has 0 saturated heterocycles. The number of rotatable bonds is 6. The summed E-state index contributed by atoms with van der Waals surface area (Å²) >= 11 is 0. The van der Waals surface area contributed by atoms with Crippen LogP contribution in [0.2, 0.25) is 0 Å². The van der Waals surface area contributed by atoms with E-state index in [2.05, 4.69) is 186 Å². The first-order chi connectivity index (χ1) is 27.2. The van der Waals surface area contributed by atoms with Gasteiger partial charge < -0.3 is 8.98 Å². The van der Waals surface area contributed by atoms with E-state index in [1.165, 1.54) is 20.7 Å². The Hall–Kier alpha value is -7.02. The van der Waals surface area contributed by atoms with Crippen LogP contribution in [0, 0.1) is 0 Å². The van der Waals surface area contributed by atoms with E-state index in [1.807, 2.05) is 18.3 Å². The number of fused-ring (bicyclic) bond motifs is 8. The van der Waals surface area contributed by atoms with Crippen LogP contribution in [0.15, 0.2) is 193 Å². The second-order valence-electron chi connectivity index (χ2n) is 14.2. The Kier molecular flexibility index (Phi) is 7.02. The first-order valence-corrected chi connectivity index (χ1v) is 20.6. The molecule has 0 radical (unpaired) electrons. The van der Waals surface area contributed by atoms with E-state index >= 15 is 0 Å². The highest BCUT2D eigenvalue weighted by Gasteiger charge is 2.42. The molecule has 0 unspecified atom stereocenters. The van der Waals surface area contributed by atoms with Gasteiger partial charge >= 0.3 is 0 Å². The highest BCUT2D eigenvalue weighted by molar-refractivity contribution is 7.20. The zero-order valence-electron chi connectivity index (χ0n) is 30.1. The van der Waals surface area contributed by atoms with Crippen molar-refractivity contribution < 1.29 is 4.42 Å². The summed E-state index contributed by atoms with van der Waals surface area (Å²) in [7, 11) is -0.874. The molecule has 4 heterocycles. The molecule has 11 rings (SSSR count). The molecule has 0 amide bonds. The third-order valence-electron chi connectivity index (χ3n) is 11.3. The molecule has 11 aromatic rings. The van der Waals surface area contributed by atoms with Crippen LogP contribution in [0.1, 0.15) is 0 Å². The van der Waals surface area contributed by atoms with Crippen molar-refractivity contribution in [3.8, 4) is 17.2 Å². The summed E-state index contributed by atoms with van der Waals surface area (Å²) < 4.78 is 11.2. The predicted molar refractivity (Wildman–Crippen MR) is 229 cm³/mol. The highest BCUT2D eigenvalue weighted by Crippen LogP contribution is 2.40. The first-order valence-electron chi connectivity index (χ1n) is 18.6. The van der Waals surface area contributed by atoms with Crippen molar-refractivity contribution in [3.05, 3.63) is 188 Å². The Balaban J connectivity index is 1.25. The molecular weight excluding hydrogens is 689 g/mol. The molecule has 0 fully saturated rings. The number of benzene rings is 7. The Morgan fingerprint density at radius 1 is 0.509 bits per heavy atom. The van der Waals surface area contributed by atoms with Crippen molar-refractivity contribution in [2.75, 3.05) is 0 Å². The fourth-order valence-corrected chi connectivity index (χ4v) is 13.7. The van der Waals surface area contributed by atoms with Crippen LogP contribution in [-0.2, 0) is 7.05 Å². The van der Waals surface area contributed by atoms with Crippen molar-refractivity contribution in [1.29, 1.82) is 0 Å². The quantitative estimate of drug-likeness (QED) is 0.127. The highest BCUT2D eigenvalue weighted by atomic mass is 28.3. The second kappa shape index (κ2) is 12.3. The van der Waals surface area contributed by atoms with Gasteiger partial charge in [0.05, 0.1) is 27.5 Å². The third kappa shape index (κ3) is 4.65. The van der Waals surface area contributed by atoms with Gasteiger partial charge in [-0.3, -0.25) is 4.57 Å². The van der Waals surface area contributed by atoms with Gasteiger partial charge in [0.2, 0.25) is 0 Å². The lowest BCUT2D eigenvalue weighted by Crippen LogP contribution is -2.74. The normalized spacial score (nSPS) is 12.1. The van der Waals surface area contributed by atoms with Gasteiger partial charge in [0, 0.05) is 35.0 Å². The molecule has 0 aliphatic rings. The van der Waals surface area contributed by atoms with Gasteiger partial charge in [0.1, 0.15) is 22.8 Å². The lowest BCUT2D eigenvalue weighted by Gasteiger charge is -2.34. The van der Waals surface area contributed by atoms with Crippen LogP contribution in [0.4, 0.5) is 0 Å². The van der Waals surface area contributed by atoms with E-state index in [0.717, 1.165) is 72.0 Å². The minimum Gasteiger partial charge on any atom is -0.455 e. The van der Waals surface area contributed by atoms with Gasteiger partial charge in [-0.15, -0.1) is 0 Å². The van der Waals surface area contributed by atoms with E-state index in [9.17, 15) is 0 Å². The molecule has 0 saturated carbocycles. The molecule has 0 bridgehead atoms. The molecule has 0 spiro atoms. The van der Waals surface area contributed by atoms with Gasteiger partial charge in [-0.2, -0.15) is 0 Å². The van der Waals surface area contributed by atoms with Gasteiger partial charge in [-0.25, -0.2) is 9.97 Å². The van der Waals surface area contributed by atoms with Crippen molar-refractivity contribution in [2.24, 2.45) is 7.05 Å². The number of para-hydroxylation sites is 3. The van der Waals surface area contributed by atoms with E-state index in [-0.39, 0.29) is 0 Å². The predicted octanol–water partition coefficient (Wildman–Crippen LogP) is 9.01. The average Bonchev–Trinajstić information content (AvgIpc) is 3.91. The number of nitrogens with zero attached hydrogens (tertiary/aromatic N) is 4. The maximum absolute atomic E-state index is 6.68. The van der Waals surface area contributed by atoms with Gasteiger partial charge in [-0.1, -0.05) is 133 Å². The minimum atomic E-state index is -2.98. The average molecular weight is 723 g/mol. The zero-order chi connectivity index (χ0) is 36.5. The fourth-order valence-electron chi connectivity index (χ4n) is 8.92. The molecule has 0 aliphatic heterocycles. The molecule has 7 aromatic carbocycles. The molecule has 5 nitrogen and oxygen atoms in total. The van der Waals surface area contributed by atoms with Crippen LogP contribution < -0.4 is 20.7 Å². The van der Waals surface area contributed by atoms with Crippen molar-refractivity contribution in [3.63, 3.8) is 0 Å². The topological polar surface area (TPSA) is 48.8 Å². The number of aryl methyl sites for hydroxylation is 1. The Morgan fingerprint density at radius 3 is 1.98 bits per heavy atom. The summed E-state index contributed by atoms with van der Waals surface area (Å²) in [6.45, 7) is 0. The maximum atomic E-state index is 6.68. The lowest BCUT2D eigenvalue weighted by atomic mass is 10.1. The second-order valence-corrected chi connectivity index (χ2v) is 18.0. The number of hydrogen-bond donors (Lipinski definition) is 0. The van der Waals surface area contributed by atoms with Crippen LogP contribution in [-0.4, -0.2) is 27.2 Å². The van der Waals surface area contributed by atoms with Crippen molar-refractivity contribution >= 4 is 83.6 Å². The van der Waals surface area contributed by atoms with E-state index in [4.69, 9.17) is 14.4 Å². The molecule has 260 valence electrons. The van der Waals surface area contributed by atoms with Crippen molar-refractivity contribution in [1.82, 2.24) is 19.1 Å². The monoisotopic (exact) mass is 722 g/mol. The largest absolute Gasteiger partial charge is 0.455 e. The summed E-state index contributed by atoms with van der Waals surface area (Å²) in [5.74, 6) is 1.82. The Morgan fingerprint density at radius 2 is 1.20 bits per heavy atom. The van der Waals surface area contributed by atoms with Crippen LogP contribution >= 0.6 is 0 Å². The van der Waals surface area contributed by atoms with Gasteiger partial charge in [-0.05, 0) is 69.3 Å². The summed E-state index contributed by atoms with van der Waals surface area (Å²) in [6.07, 6.45) is 1.87. The number of hydrogen-bond acceptors (Lipinski definition) is 3. The van der Waals surface area contributed by atoms with E-state index in [0.29, 0.717) is 0 Å². The molecular formula is C49H34N4OSi. The summed E-state index contributed by atoms with van der Waals surface area (Å²) in [4.78, 5) is 10.1. The summed E-state index contributed by atoms with van der Waals surface area (Å²) in [5.41, 5.74) is 7.14.